The summed E-state index contributed by atoms with van der Waals surface area (Å²) in [7, 11) is -3.72. The Hall–Kier alpha value is -1.44. The zero-order chi connectivity index (χ0) is 17.6. The van der Waals surface area contributed by atoms with Gasteiger partial charge in [-0.05, 0) is 63.8 Å². The van der Waals surface area contributed by atoms with Crippen LogP contribution in [0.2, 0.25) is 0 Å². The van der Waals surface area contributed by atoms with E-state index in [4.69, 9.17) is 5.14 Å². The van der Waals surface area contributed by atoms with Gasteiger partial charge in [0.1, 0.15) is 0 Å². The molecule has 1 aromatic carbocycles. The Morgan fingerprint density at radius 3 is 2.58 bits per heavy atom. The second-order valence-corrected chi connectivity index (χ2v) is 8.71. The number of carbonyl (C=O) groups excluding carboxylic acids is 1. The lowest BCUT2D eigenvalue weighted by Gasteiger charge is -2.30. The van der Waals surface area contributed by atoms with E-state index >= 15 is 0 Å². The molecule has 2 N–H and O–H groups in total. The Balaban J connectivity index is 1.84. The number of primary sulfonamides is 1. The van der Waals surface area contributed by atoms with Crippen LogP contribution in [0.4, 0.5) is 5.69 Å². The van der Waals surface area contributed by atoms with Gasteiger partial charge in [0.2, 0.25) is 15.9 Å². The highest BCUT2D eigenvalue weighted by atomic mass is 32.2. The molecule has 0 aromatic heterocycles. The van der Waals surface area contributed by atoms with Crippen molar-refractivity contribution >= 4 is 21.6 Å². The number of hydrogen-bond acceptors (Lipinski definition) is 4. The van der Waals surface area contributed by atoms with Gasteiger partial charge < -0.3 is 4.90 Å². The van der Waals surface area contributed by atoms with Crippen molar-refractivity contribution in [2.75, 3.05) is 11.4 Å². The summed E-state index contributed by atoms with van der Waals surface area (Å²) in [6, 6.07) is 5.66. The first-order valence-electron chi connectivity index (χ1n) is 8.42. The minimum absolute atomic E-state index is 0.0245. The van der Waals surface area contributed by atoms with Crippen LogP contribution in [0.15, 0.2) is 23.1 Å². The SMILES string of the molecule is CC1Cc2cc(S(N)(=O)=O)ccc2N1C(=O)CN(C(C)C)C1CC1. The number of rotatable bonds is 5. The van der Waals surface area contributed by atoms with Crippen LogP contribution in [0.25, 0.3) is 0 Å². The molecule has 1 aliphatic heterocycles. The molecule has 1 amide bonds. The van der Waals surface area contributed by atoms with Crippen LogP contribution in [0, 0.1) is 0 Å². The van der Waals surface area contributed by atoms with Gasteiger partial charge in [-0.3, -0.25) is 9.69 Å². The molecule has 0 bridgehead atoms. The first-order valence-corrected chi connectivity index (χ1v) is 9.96. The second kappa shape index (κ2) is 6.13. The molecular weight excluding hydrogens is 326 g/mol. The Labute approximate surface area is 143 Å². The van der Waals surface area contributed by atoms with Crippen molar-refractivity contribution < 1.29 is 13.2 Å². The molecule has 2 aliphatic rings. The summed E-state index contributed by atoms with van der Waals surface area (Å²) in [5, 5.41) is 5.20. The fourth-order valence-electron chi connectivity index (χ4n) is 3.54. The summed E-state index contributed by atoms with van der Waals surface area (Å²) in [5.41, 5.74) is 1.67. The normalized spacial score (nSPS) is 20.8. The number of amides is 1. The van der Waals surface area contributed by atoms with Gasteiger partial charge in [-0.15, -0.1) is 0 Å². The molecule has 1 atom stereocenters. The molecule has 1 heterocycles. The van der Waals surface area contributed by atoms with E-state index in [0.717, 1.165) is 24.1 Å². The van der Waals surface area contributed by atoms with Gasteiger partial charge in [-0.2, -0.15) is 0 Å². The summed E-state index contributed by atoms with van der Waals surface area (Å²) >= 11 is 0. The molecule has 0 spiro atoms. The zero-order valence-corrected chi connectivity index (χ0v) is 15.2. The largest absolute Gasteiger partial charge is 0.308 e. The quantitative estimate of drug-likeness (QED) is 0.871. The summed E-state index contributed by atoms with van der Waals surface area (Å²) < 4.78 is 23.0. The van der Waals surface area contributed by atoms with E-state index in [2.05, 4.69) is 18.7 Å². The highest BCUT2D eigenvalue weighted by Crippen LogP contribution is 2.35. The zero-order valence-electron chi connectivity index (χ0n) is 14.4. The Kier molecular flexibility index (Phi) is 4.44. The predicted molar refractivity (Wildman–Crippen MR) is 93.3 cm³/mol. The summed E-state index contributed by atoms with van der Waals surface area (Å²) in [5.74, 6) is 0.0743. The maximum absolute atomic E-state index is 12.9. The molecule has 1 aromatic rings. The molecule has 1 saturated carbocycles. The Morgan fingerprint density at radius 1 is 1.38 bits per heavy atom. The van der Waals surface area contributed by atoms with Crippen LogP contribution < -0.4 is 10.0 Å². The van der Waals surface area contributed by atoms with Gasteiger partial charge in [-0.1, -0.05) is 0 Å². The fourth-order valence-corrected chi connectivity index (χ4v) is 4.10. The van der Waals surface area contributed by atoms with E-state index in [1.165, 1.54) is 6.07 Å². The van der Waals surface area contributed by atoms with E-state index in [1.54, 1.807) is 17.0 Å². The van der Waals surface area contributed by atoms with Crippen molar-refractivity contribution in [3.63, 3.8) is 0 Å². The maximum atomic E-state index is 12.9. The van der Waals surface area contributed by atoms with Crippen molar-refractivity contribution in [3.05, 3.63) is 23.8 Å². The third-order valence-corrected chi connectivity index (χ3v) is 5.77. The molecule has 24 heavy (non-hydrogen) atoms. The molecule has 6 nitrogen and oxygen atoms in total. The average molecular weight is 351 g/mol. The standard InChI is InChI=1S/C17H25N3O3S/c1-11(2)19(14-4-5-14)10-17(21)20-12(3)8-13-9-15(24(18,22)23)6-7-16(13)20/h6-7,9,11-12,14H,4-5,8,10H2,1-3H3,(H2,18,22,23). The van der Waals surface area contributed by atoms with Gasteiger partial charge in [0.25, 0.3) is 0 Å². The summed E-state index contributed by atoms with van der Waals surface area (Å²) in [4.78, 5) is 17.1. The molecule has 132 valence electrons. The van der Waals surface area contributed by atoms with E-state index in [1.807, 2.05) is 6.92 Å². The van der Waals surface area contributed by atoms with Crippen molar-refractivity contribution in [1.82, 2.24) is 4.90 Å². The lowest BCUT2D eigenvalue weighted by Crippen LogP contribution is -2.46. The van der Waals surface area contributed by atoms with Crippen LogP contribution in [0.1, 0.15) is 39.2 Å². The van der Waals surface area contributed by atoms with Crippen molar-refractivity contribution in [2.45, 2.75) is 63.1 Å². The number of benzene rings is 1. The fraction of sp³-hybridized carbons (Fsp3) is 0.588. The summed E-state index contributed by atoms with van der Waals surface area (Å²) in [6.07, 6.45) is 2.97. The minimum atomic E-state index is -3.72. The van der Waals surface area contributed by atoms with Gasteiger partial charge in [0, 0.05) is 23.8 Å². The van der Waals surface area contributed by atoms with Crippen LogP contribution in [0.5, 0.6) is 0 Å². The highest BCUT2D eigenvalue weighted by molar-refractivity contribution is 7.89. The van der Waals surface area contributed by atoms with Crippen LogP contribution in [-0.4, -0.2) is 43.9 Å². The third kappa shape index (κ3) is 3.34. The lowest BCUT2D eigenvalue weighted by molar-refractivity contribution is -0.120. The molecule has 0 saturated heterocycles. The molecular formula is C17H25N3O3S. The number of nitrogens with zero attached hydrogens (tertiary/aromatic N) is 2. The Morgan fingerprint density at radius 2 is 2.04 bits per heavy atom. The number of fused-ring (bicyclic) bond motifs is 1. The summed E-state index contributed by atoms with van der Waals surface area (Å²) in [6.45, 7) is 6.63. The molecule has 7 heteroatoms. The number of carbonyl (C=O) groups is 1. The van der Waals surface area contributed by atoms with Crippen molar-refractivity contribution in [1.29, 1.82) is 0 Å². The average Bonchev–Trinajstić information content (AvgIpc) is 3.24. The first-order chi connectivity index (χ1) is 11.2. The van der Waals surface area contributed by atoms with Crippen LogP contribution in [-0.2, 0) is 21.2 Å². The van der Waals surface area contributed by atoms with Crippen LogP contribution in [0.3, 0.4) is 0 Å². The smallest absolute Gasteiger partial charge is 0.241 e. The van der Waals surface area contributed by atoms with Crippen molar-refractivity contribution in [2.24, 2.45) is 5.14 Å². The highest BCUT2D eigenvalue weighted by Gasteiger charge is 2.36. The maximum Gasteiger partial charge on any atom is 0.241 e. The van der Waals surface area contributed by atoms with E-state index in [9.17, 15) is 13.2 Å². The topological polar surface area (TPSA) is 83.7 Å². The van der Waals surface area contributed by atoms with E-state index in [-0.39, 0.29) is 16.8 Å². The number of sulfonamides is 1. The monoisotopic (exact) mass is 351 g/mol. The van der Waals surface area contributed by atoms with Crippen molar-refractivity contribution in [3.8, 4) is 0 Å². The molecule has 3 rings (SSSR count). The van der Waals surface area contributed by atoms with Gasteiger partial charge >= 0.3 is 0 Å². The third-order valence-electron chi connectivity index (χ3n) is 4.86. The number of hydrogen-bond donors (Lipinski definition) is 1. The van der Waals surface area contributed by atoms with Gasteiger partial charge in [0.05, 0.1) is 11.4 Å². The predicted octanol–water partition coefficient (Wildman–Crippen LogP) is 1.48. The molecule has 0 radical (unpaired) electrons. The molecule has 1 fully saturated rings. The van der Waals surface area contributed by atoms with E-state index in [0.29, 0.717) is 25.0 Å². The first kappa shape index (κ1) is 17.4. The van der Waals surface area contributed by atoms with Gasteiger partial charge in [0.15, 0.2) is 0 Å². The lowest BCUT2D eigenvalue weighted by atomic mass is 10.1. The molecule has 1 unspecified atom stereocenters. The second-order valence-electron chi connectivity index (χ2n) is 7.15. The van der Waals surface area contributed by atoms with E-state index < -0.39 is 10.0 Å². The number of anilines is 1. The van der Waals surface area contributed by atoms with Crippen LogP contribution >= 0.6 is 0 Å². The minimum Gasteiger partial charge on any atom is -0.308 e. The van der Waals surface area contributed by atoms with Gasteiger partial charge in [-0.25, -0.2) is 13.6 Å². The number of nitrogens with two attached hydrogens (primary N) is 1. The Bertz CT molecular complexity index is 754. The molecule has 1 aliphatic carbocycles.